The molecule has 3 aromatic rings. The highest BCUT2D eigenvalue weighted by Gasteiger charge is 2.16. The Labute approximate surface area is 167 Å². The number of esters is 1. The van der Waals surface area contributed by atoms with Gasteiger partial charge in [-0.15, -0.1) is 0 Å². The number of pyridine rings is 2. The second-order valence-electron chi connectivity index (χ2n) is 5.99. The number of para-hydroxylation sites is 1. The molecule has 2 amide bonds. The van der Waals surface area contributed by atoms with Gasteiger partial charge in [0.05, 0.1) is 29.5 Å². The highest BCUT2D eigenvalue weighted by Crippen LogP contribution is 2.17. The summed E-state index contributed by atoms with van der Waals surface area (Å²) in [5.41, 5.74) is 1.85. The number of methoxy groups -OCH3 is 1. The monoisotopic (exact) mass is 390 g/mol. The van der Waals surface area contributed by atoms with Crippen molar-refractivity contribution in [2.75, 3.05) is 12.4 Å². The molecule has 0 saturated heterocycles. The van der Waals surface area contributed by atoms with E-state index in [1.165, 1.54) is 25.6 Å². The highest BCUT2D eigenvalue weighted by atomic mass is 16.5. The first kappa shape index (κ1) is 19.7. The zero-order valence-corrected chi connectivity index (χ0v) is 15.6. The molecule has 0 saturated carbocycles. The third-order valence-corrected chi connectivity index (χ3v) is 4.05. The van der Waals surface area contributed by atoms with Crippen LogP contribution in [-0.2, 0) is 11.3 Å². The molecule has 3 rings (SSSR count). The smallest absolute Gasteiger partial charge is 0.339 e. The van der Waals surface area contributed by atoms with E-state index in [9.17, 15) is 14.4 Å². The average molecular weight is 390 g/mol. The lowest BCUT2D eigenvalue weighted by atomic mass is 10.1. The molecule has 0 aliphatic rings. The number of nitrogens with one attached hydrogen (secondary N) is 2. The molecule has 0 unspecified atom stereocenters. The van der Waals surface area contributed by atoms with E-state index in [0.717, 1.165) is 5.56 Å². The van der Waals surface area contributed by atoms with Gasteiger partial charge in [-0.2, -0.15) is 0 Å². The maximum Gasteiger partial charge on any atom is 0.339 e. The summed E-state index contributed by atoms with van der Waals surface area (Å²) in [6, 6.07) is 11.5. The number of carbonyl (C=O) groups is 3. The van der Waals surface area contributed by atoms with Crippen molar-refractivity contribution in [3.8, 4) is 0 Å². The van der Waals surface area contributed by atoms with E-state index in [1.54, 1.807) is 48.8 Å². The van der Waals surface area contributed by atoms with Crippen LogP contribution in [0, 0.1) is 0 Å². The number of hydrogen-bond donors (Lipinski definition) is 2. The van der Waals surface area contributed by atoms with E-state index in [-0.39, 0.29) is 22.6 Å². The number of hydrogen-bond acceptors (Lipinski definition) is 6. The van der Waals surface area contributed by atoms with Crippen LogP contribution in [-0.4, -0.2) is 34.9 Å². The molecule has 0 aliphatic carbocycles. The van der Waals surface area contributed by atoms with Gasteiger partial charge in [-0.05, 0) is 35.9 Å². The molecule has 146 valence electrons. The Morgan fingerprint density at radius 3 is 2.34 bits per heavy atom. The maximum atomic E-state index is 12.6. The van der Waals surface area contributed by atoms with Crippen molar-refractivity contribution in [3.63, 3.8) is 0 Å². The summed E-state index contributed by atoms with van der Waals surface area (Å²) in [4.78, 5) is 44.7. The minimum atomic E-state index is -0.566. The van der Waals surface area contributed by atoms with Crippen molar-refractivity contribution in [2.45, 2.75) is 6.54 Å². The lowest BCUT2D eigenvalue weighted by molar-refractivity contribution is 0.0601. The summed E-state index contributed by atoms with van der Waals surface area (Å²) in [6.45, 7) is 0.324. The number of anilines is 1. The van der Waals surface area contributed by atoms with Gasteiger partial charge in [-0.3, -0.25) is 19.6 Å². The summed E-state index contributed by atoms with van der Waals surface area (Å²) < 4.78 is 4.72. The number of benzene rings is 1. The first-order valence-corrected chi connectivity index (χ1v) is 8.69. The molecule has 0 bridgehead atoms. The van der Waals surface area contributed by atoms with E-state index in [1.807, 2.05) is 0 Å². The van der Waals surface area contributed by atoms with Crippen LogP contribution < -0.4 is 10.6 Å². The van der Waals surface area contributed by atoms with Gasteiger partial charge in [-0.25, -0.2) is 4.79 Å². The molecule has 2 N–H and O–H groups in total. The molecule has 0 fully saturated rings. The van der Waals surface area contributed by atoms with Crippen molar-refractivity contribution < 1.29 is 19.1 Å². The van der Waals surface area contributed by atoms with E-state index in [0.29, 0.717) is 12.2 Å². The lowest BCUT2D eigenvalue weighted by Crippen LogP contribution is -2.23. The summed E-state index contributed by atoms with van der Waals surface area (Å²) in [5, 5.41) is 5.41. The van der Waals surface area contributed by atoms with Gasteiger partial charge in [0.25, 0.3) is 11.8 Å². The Kier molecular flexibility index (Phi) is 6.26. The van der Waals surface area contributed by atoms with Crippen molar-refractivity contribution in [2.24, 2.45) is 0 Å². The zero-order chi connectivity index (χ0) is 20.6. The van der Waals surface area contributed by atoms with Gasteiger partial charge in [0.15, 0.2) is 0 Å². The normalized spacial score (nSPS) is 10.1. The second kappa shape index (κ2) is 9.23. The number of rotatable bonds is 6. The summed E-state index contributed by atoms with van der Waals surface area (Å²) in [5.74, 6) is -1.43. The minimum Gasteiger partial charge on any atom is -0.465 e. The predicted octanol–water partition coefficient (Wildman–Crippen LogP) is 2.45. The third kappa shape index (κ3) is 5.01. The largest absolute Gasteiger partial charge is 0.465 e. The van der Waals surface area contributed by atoms with Gasteiger partial charge in [0.1, 0.15) is 0 Å². The van der Waals surface area contributed by atoms with Crippen LogP contribution >= 0.6 is 0 Å². The Balaban J connectivity index is 1.71. The van der Waals surface area contributed by atoms with Crippen LogP contribution in [0.5, 0.6) is 0 Å². The summed E-state index contributed by atoms with van der Waals surface area (Å²) in [6.07, 6.45) is 6.00. The Morgan fingerprint density at radius 2 is 1.62 bits per heavy atom. The average Bonchev–Trinajstić information content (AvgIpc) is 2.78. The summed E-state index contributed by atoms with van der Waals surface area (Å²) >= 11 is 0. The van der Waals surface area contributed by atoms with Crippen LogP contribution in [0.2, 0.25) is 0 Å². The topological polar surface area (TPSA) is 110 Å². The van der Waals surface area contributed by atoms with Crippen LogP contribution in [0.15, 0.2) is 67.3 Å². The maximum absolute atomic E-state index is 12.6. The van der Waals surface area contributed by atoms with Gasteiger partial charge < -0.3 is 15.4 Å². The van der Waals surface area contributed by atoms with Gasteiger partial charge in [0.2, 0.25) is 0 Å². The van der Waals surface area contributed by atoms with Crippen LogP contribution in [0.3, 0.4) is 0 Å². The summed E-state index contributed by atoms with van der Waals surface area (Å²) in [7, 11) is 1.26. The molecule has 0 atom stereocenters. The van der Waals surface area contributed by atoms with Gasteiger partial charge in [-0.1, -0.05) is 12.1 Å². The number of carbonyl (C=O) groups excluding carboxylic acids is 3. The predicted molar refractivity (Wildman–Crippen MR) is 105 cm³/mol. The molecule has 2 heterocycles. The van der Waals surface area contributed by atoms with E-state index < -0.39 is 11.9 Å². The number of nitrogens with zero attached hydrogens (tertiary/aromatic N) is 2. The number of amides is 2. The Bertz CT molecular complexity index is 1040. The van der Waals surface area contributed by atoms with Gasteiger partial charge >= 0.3 is 5.97 Å². The molecule has 2 aromatic heterocycles. The zero-order valence-electron chi connectivity index (χ0n) is 15.6. The molecule has 0 aliphatic heterocycles. The van der Waals surface area contributed by atoms with E-state index >= 15 is 0 Å². The van der Waals surface area contributed by atoms with Crippen molar-refractivity contribution >= 4 is 23.5 Å². The highest BCUT2D eigenvalue weighted by molar-refractivity contribution is 6.08. The minimum absolute atomic E-state index is 0.182. The quantitative estimate of drug-likeness (QED) is 0.626. The lowest BCUT2D eigenvalue weighted by Gasteiger charge is -2.10. The van der Waals surface area contributed by atoms with Crippen molar-refractivity contribution in [3.05, 3.63) is 89.5 Å². The molecule has 29 heavy (non-hydrogen) atoms. The van der Waals surface area contributed by atoms with E-state index in [4.69, 9.17) is 4.74 Å². The molecule has 1 aromatic carbocycles. The fourth-order valence-electron chi connectivity index (χ4n) is 2.55. The van der Waals surface area contributed by atoms with Crippen LogP contribution in [0.4, 0.5) is 5.69 Å². The Hall–Kier alpha value is -4.07. The SMILES string of the molecule is COC(=O)c1ccccc1NC(=O)c1cncc(C(=O)NCc2ccncc2)c1. The molecule has 0 spiro atoms. The van der Waals surface area contributed by atoms with Crippen molar-refractivity contribution in [1.29, 1.82) is 0 Å². The molecular weight excluding hydrogens is 372 g/mol. The Morgan fingerprint density at radius 1 is 0.931 bits per heavy atom. The molecular formula is C21H18N4O4. The van der Waals surface area contributed by atoms with Crippen molar-refractivity contribution in [1.82, 2.24) is 15.3 Å². The van der Waals surface area contributed by atoms with Crippen LogP contribution in [0.1, 0.15) is 36.6 Å². The second-order valence-corrected chi connectivity index (χ2v) is 5.99. The van der Waals surface area contributed by atoms with Gasteiger partial charge in [0, 0.05) is 31.3 Å². The molecule has 8 nitrogen and oxygen atoms in total. The number of aromatic nitrogens is 2. The van der Waals surface area contributed by atoms with E-state index in [2.05, 4.69) is 20.6 Å². The number of ether oxygens (including phenoxy) is 1. The molecule has 8 heteroatoms. The first-order valence-electron chi connectivity index (χ1n) is 8.69. The van der Waals surface area contributed by atoms with Crippen LogP contribution in [0.25, 0.3) is 0 Å². The molecule has 0 radical (unpaired) electrons. The first-order chi connectivity index (χ1) is 14.1. The fourth-order valence-corrected chi connectivity index (χ4v) is 2.55. The standard InChI is InChI=1S/C21H18N4O4/c1-29-21(28)17-4-2-3-5-18(17)25-20(27)16-10-15(12-23-13-16)19(26)24-11-14-6-8-22-9-7-14/h2-10,12-13H,11H2,1H3,(H,24,26)(H,25,27). The third-order valence-electron chi connectivity index (χ3n) is 4.05. The fraction of sp³-hybridized carbons (Fsp3) is 0.0952.